The van der Waals surface area contributed by atoms with Gasteiger partial charge in [0.1, 0.15) is 5.75 Å². The minimum atomic E-state index is -0.0286. The molecule has 1 amide bonds. The number of carbonyl (C=O) groups is 1. The monoisotopic (exact) mass is 283 g/mol. The van der Waals surface area contributed by atoms with E-state index in [2.05, 4.69) is 15.9 Å². The predicted octanol–water partition coefficient (Wildman–Crippen LogP) is 2.59. The molecule has 1 heterocycles. The van der Waals surface area contributed by atoms with Crippen molar-refractivity contribution in [2.45, 2.75) is 18.2 Å². The van der Waals surface area contributed by atoms with Gasteiger partial charge in [0.25, 0.3) is 0 Å². The summed E-state index contributed by atoms with van der Waals surface area (Å²) in [5.74, 6) is 0.984. The Balaban J connectivity index is 2.13. The molecule has 1 aromatic carbocycles. The quantitative estimate of drug-likeness (QED) is 0.798. The minimum absolute atomic E-state index is 0.0286. The van der Waals surface area contributed by atoms with Crippen LogP contribution in [-0.2, 0) is 4.79 Å². The summed E-state index contributed by atoms with van der Waals surface area (Å²) in [4.78, 5) is 13.5. The van der Waals surface area contributed by atoms with Gasteiger partial charge in [-0.25, -0.2) is 0 Å². The zero-order valence-electron chi connectivity index (χ0n) is 9.15. The van der Waals surface area contributed by atoms with Gasteiger partial charge in [-0.15, -0.1) is 0 Å². The number of halogens is 1. The maximum Gasteiger partial charge on any atom is 0.240 e. The summed E-state index contributed by atoms with van der Waals surface area (Å²) in [6.07, 6.45) is 0.867. The Labute approximate surface area is 104 Å². The molecule has 1 fully saturated rings. The summed E-state index contributed by atoms with van der Waals surface area (Å²) in [5, 5.41) is 0. The second kappa shape index (κ2) is 4.87. The number of benzene rings is 1. The van der Waals surface area contributed by atoms with Gasteiger partial charge in [-0.3, -0.25) is 4.79 Å². The molecular weight excluding hydrogens is 270 g/mol. The molecule has 0 spiro atoms. The van der Waals surface area contributed by atoms with Crippen LogP contribution >= 0.6 is 15.9 Å². The molecule has 2 rings (SSSR count). The van der Waals surface area contributed by atoms with Crippen molar-refractivity contribution in [2.75, 3.05) is 18.1 Å². The van der Waals surface area contributed by atoms with Crippen molar-refractivity contribution in [2.24, 2.45) is 0 Å². The maximum absolute atomic E-state index is 11.8. The summed E-state index contributed by atoms with van der Waals surface area (Å²) in [7, 11) is 0. The molecule has 16 heavy (non-hydrogen) atoms. The van der Waals surface area contributed by atoms with Crippen LogP contribution in [0, 0.1) is 0 Å². The highest BCUT2D eigenvalue weighted by molar-refractivity contribution is 9.10. The van der Waals surface area contributed by atoms with Crippen LogP contribution in [0.3, 0.4) is 0 Å². The van der Waals surface area contributed by atoms with E-state index in [0.29, 0.717) is 6.61 Å². The highest BCUT2D eigenvalue weighted by Gasteiger charge is 2.30. The Hall–Kier alpha value is -1.03. The van der Waals surface area contributed by atoms with Crippen LogP contribution in [0.5, 0.6) is 5.75 Å². The van der Waals surface area contributed by atoms with Gasteiger partial charge in [-0.1, -0.05) is 15.9 Å². The predicted molar refractivity (Wildman–Crippen MR) is 67.3 cm³/mol. The highest BCUT2D eigenvalue weighted by atomic mass is 79.9. The van der Waals surface area contributed by atoms with Crippen LogP contribution in [0.1, 0.15) is 13.3 Å². The largest absolute Gasteiger partial charge is 0.494 e. The lowest BCUT2D eigenvalue weighted by Crippen LogP contribution is -2.26. The molecule has 86 valence electrons. The molecule has 4 heteroatoms. The summed E-state index contributed by atoms with van der Waals surface area (Å²) in [5.41, 5.74) is 0.940. The third kappa shape index (κ3) is 2.21. The van der Waals surface area contributed by atoms with Crippen molar-refractivity contribution < 1.29 is 9.53 Å². The standard InChI is InChI=1S/C12H14BrNO2/c1-2-16-10-5-3-9(4-6-10)14-8-7-11(13)12(14)15/h3-6,11H,2,7-8H2,1H3. The van der Waals surface area contributed by atoms with E-state index in [1.165, 1.54) is 0 Å². The average molecular weight is 284 g/mol. The molecule has 0 N–H and O–H groups in total. The second-order valence-corrected chi connectivity index (χ2v) is 4.78. The lowest BCUT2D eigenvalue weighted by Gasteiger charge is -2.16. The number of ether oxygens (including phenoxy) is 1. The van der Waals surface area contributed by atoms with Crippen LogP contribution in [-0.4, -0.2) is 23.9 Å². The first-order valence-electron chi connectivity index (χ1n) is 5.40. The third-order valence-corrected chi connectivity index (χ3v) is 3.45. The van der Waals surface area contributed by atoms with Gasteiger partial charge >= 0.3 is 0 Å². The summed E-state index contributed by atoms with van der Waals surface area (Å²) in [6.45, 7) is 3.39. The number of carbonyl (C=O) groups excluding carboxylic acids is 1. The molecule has 0 aromatic heterocycles. The molecule has 3 nitrogen and oxygen atoms in total. The fourth-order valence-electron chi connectivity index (χ4n) is 1.79. The first-order chi connectivity index (χ1) is 7.72. The van der Waals surface area contributed by atoms with Crippen LogP contribution in [0.15, 0.2) is 24.3 Å². The van der Waals surface area contributed by atoms with Gasteiger partial charge in [0.05, 0.1) is 11.4 Å². The fraction of sp³-hybridized carbons (Fsp3) is 0.417. The molecule has 0 saturated carbocycles. The molecule has 1 unspecified atom stereocenters. The van der Waals surface area contributed by atoms with E-state index in [1.54, 1.807) is 4.90 Å². The van der Waals surface area contributed by atoms with Crippen LogP contribution in [0.4, 0.5) is 5.69 Å². The molecular formula is C12H14BrNO2. The number of hydrogen-bond donors (Lipinski definition) is 0. The van der Waals surface area contributed by atoms with Crippen LogP contribution in [0.2, 0.25) is 0 Å². The molecule has 1 aliphatic heterocycles. The van der Waals surface area contributed by atoms with Gasteiger partial charge in [0, 0.05) is 12.2 Å². The molecule has 0 radical (unpaired) electrons. The van der Waals surface area contributed by atoms with E-state index in [-0.39, 0.29) is 10.7 Å². The van der Waals surface area contributed by atoms with Crippen molar-refractivity contribution in [1.29, 1.82) is 0 Å². The van der Waals surface area contributed by atoms with Crippen molar-refractivity contribution in [1.82, 2.24) is 0 Å². The summed E-state index contributed by atoms with van der Waals surface area (Å²) in [6, 6.07) is 7.64. The molecule has 1 saturated heterocycles. The van der Waals surface area contributed by atoms with Gasteiger partial charge in [0.15, 0.2) is 0 Å². The zero-order valence-corrected chi connectivity index (χ0v) is 10.7. The highest BCUT2D eigenvalue weighted by Crippen LogP contribution is 2.26. The number of anilines is 1. The molecule has 0 bridgehead atoms. The Morgan fingerprint density at radius 1 is 1.44 bits per heavy atom. The third-order valence-electron chi connectivity index (χ3n) is 2.60. The minimum Gasteiger partial charge on any atom is -0.494 e. The lowest BCUT2D eigenvalue weighted by atomic mass is 10.3. The van der Waals surface area contributed by atoms with Gasteiger partial charge in [0.2, 0.25) is 5.91 Å². The first kappa shape index (κ1) is 11.5. The Morgan fingerprint density at radius 3 is 2.62 bits per heavy atom. The number of nitrogens with zero attached hydrogens (tertiary/aromatic N) is 1. The zero-order chi connectivity index (χ0) is 11.5. The van der Waals surface area contributed by atoms with Gasteiger partial charge < -0.3 is 9.64 Å². The first-order valence-corrected chi connectivity index (χ1v) is 6.32. The number of hydrogen-bond acceptors (Lipinski definition) is 2. The van der Waals surface area contributed by atoms with E-state index >= 15 is 0 Å². The lowest BCUT2D eigenvalue weighted by molar-refractivity contribution is -0.116. The topological polar surface area (TPSA) is 29.5 Å². The number of alkyl halides is 1. The smallest absolute Gasteiger partial charge is 0.240 e. The average Bonchev–Trinajstić information content (AvgIpc) is 2.62. The van der Waals surface area contributed by atoms with Gasteiger partial charge in [-0.05, 0) is 37.6 Å². The summed E-state index contributed by atoms with van der Waals surface area (Å²) >= 11 is 3.36. The Kier molecular flexibility index (Phi) is 3.49. The Bertz CT molecular complexity index is 377. The fourth-order valence-corrected chi connectivity index (χ4v) is 2.24. The number of amides is 1. The van der Waals surface area contributed by atoms with Crippen molar-refractivity contribution in [3.63, 3.8) is 0 Å². The molecule has 1 aromatic rings. The normalized spacial score (nSPS) is 20.2. The SMILES string of the molecule is CCOc1ccc(N2CCC(Br)C2=O)cc1. The number of rotatable bonds is 3. The van der Waals surface area contributed by atoms with Gasteiger partial charge in [-0.2, -0.15) is 0 Å². The van der Waals surface area contributed by atoms with E-state index in [9.17, 15) is 4.79 Å². The van der Waals surface area contributed by atoms with E-state index in [1.807, 2.05) is 31.2 Å². The van der Waals surface area contributed by atoms with Crippen LogP contribution < -0.4 is 9.64 Å². The van der Waals surface area contributed by atoms with E-state index < -0.39 is 0 Å². The molecule has 0 aliphatic carbocycles. The maximum atomic E-state index is 11.8. The van der Waals surface area contributed by atoms with Crippen molar-refractivity contribution in [3.05, 3.63) is 24.3 Å². The van der Waals surface area contributed by atoms with Crippen molar-refractivity contribution >= 4 is 27.5 Å². The second-order valence-electron chi connectivity index (χ2n) is 3.67. The Morgan fingerprint density at radius 2 is 2.12 bits per heavy atom. The molecule has 1 aliphatic rings. The van der Waals surface area contributed by atoms with E-state index in [4.69, 9.17) is 4.74 Å². The molecule has 1 atom stereocenters. The van der Waals surface area contributed by atoms with Crippen molar-refractivity contribution in [3.8, 4) is 5.75 Å². The van der Waals surface area contributed by atoms with E-state index in [0.717, 1.165) is 24.4 Å². The van der Waals surface area contributed by atoms with Crippen LogP contribution in [0.25, 0.3) is 0 Å². The summed E-state index contributed by atoms with van der Waals surface area (Å²) < 4.78 is 5.36.